The van der Waals surface area contributed by atoms with Gasteiger partial charge in [0.25, 0.3) is 6.47 Å². The summed E-state index contributed by atoms with van der Waals surface area (Å²) in [6.07, 6.45) is 4.20. The van der Waals surface area contributed by atoms with Crippen LogP contribution in [0.3, 0.4) is 0 Å². The number of allylic oxidation sites excluding steroid dienone is 1. The van der Waals surface area contributed by atoms with Crippen LogP contribution in [-0.2, 0) is 16.1 Å². The third-order valence-electron chi connectivity index (χ3n) is 4.72. The second kappa shape index (κ2) is 8.51. The zero-order chi connectivity index (χ0) is 19.7. The van der Waals surface area contributed by atoms with E-state index in [1.807, 2.05) is 24.3 Å². The SMILES string of the molecule is N[C@@H]1[C@@H](c2sc3c(NCc4cccs4)cc(Cl)nc3c2Br)CC=C[C@H]1OC=O. The summed E-state index contributed by atoms with van der Waals surface area (Å²) in [7, 11) is 0. The average Bonchev–Trinajstić information content (AvgIpc) is 3.31. The molecule has 4 rings (SSSR count). The Kier molecular flexibility index (Phi) is 6.03. The van der Waals surface area contributed by atoms with Gasteiger partial charge in [0, 0.05) is 28.3 Å². The van der Waals surface area contributed by atoms with Gasteiger partial charge in [-0.25, -0.2) is 4.98 Å². The number of pyridine rings is 1. The second-order valence-electron chi connectivity index (χ2n) is 6.43. The molecule has 146 valence electrons. The highest BCUT2D eigenvalue weighted by Gasteiger charge is 2.33. The van der Waals surface area contributed by atoms with E-state index in [1.165, 1.54) is 4.88 Å². The summed E-state index contributed by atoms with van der Waals surface area (Å²) in [5, 5.41) is 5.96. The topological polar surface area (TPSA) is 77.2 Å². The minimum absolute atomic E-state index is 0.0208. The largest absolute Gasteiger partial charge is 0.459 e. The molecule has 3 aromatic rings. The molecular weight excluding hydrogens is 482 g/mol. The van der Waals surface area contributed by atoms with Crippen LogP contribution in [0.15, 0.2) is 40.2 Å². The van der Waals surface area contributed by atoms with E-state index in [4.69, 9.17) is 22.1 Å². The number of hydrogen-bond donors (Lipinski definition) is 2. The molecule has 0 radical (unpaired) electrons. The van der Waals surface area contributed by atoms with Crippen LogP contribution < -0.4 is 11.1 Å². The molecule has 0 bridgehead atoms. The van der Waals surface area contributed by atoms with Crippen molar-refractivity contribution in [1.82, 2.24) is 4.98 Å². The van der Waals surface area contributed by atoms with E-state index in [1.54, 1.807) is 22.7 Å². The minimum Gasteiger partial charge on any atom is -0.459 e. The molecule has 1 aliphatic carbocycles. The first-order valence-corrected chi connectivity index (χ1v) is 11.5. The van der Waals surface area contributed by atoms with Gasteiger partial charge in [0.05, 0.1) is 26.4 Å². The normalized spacial score (nSPS) is 21.8. The van der Waals surface area contributed by atoms with Crippen LogP contribution in [0.25, 0.3) is 10.2 Å². The Morgan fingerprint density at radius 3 is 3.11 bits per heavy atom. The zero-order valence-corrected chi connectivity index (χ0v) is 18.6. The van der Waals surface area contributed by atoms with E-state index in [0.29, 0.717) is 11.6 Å². The number of carbonyl (C=O) groups excluding carboxylic acids is 1. The van der Waals surface area contributed by atoms with Gasteiger partial charge in [0.2, 0.25) is 0 Å². The Bertz CT molecular complexity index is 1020. The van der Waals surface area contributed by atoms with Crippen LogP contribution in [0.2, 0.25) is 5.15 Å². The van der Waals surface area contributed by atoms with E-state index in [-0.39, 0.29) is 12.0 Å². The quantitative estimate of drug-likeness (QED) is 0.274. The molecule has 3 N–H and O–H groups in total. The maximum absolute atomic E-state index is 10.8. The van der Waals surface area contributed by atoms with Gasteiger partial charge in [0.15, 0.2) is 0 Å². The number of fused-ring (bicyclic) bond motifs is 1. The van der Waals surface area contributed by atoms with Crippen LogP contribution in [-0.4, -0.2) is 23.6 Å². The van der Waals surface area contributed by atoms with Crippen molar-refractivity contribution in [2.45, 2.75) is 31.0 Å². The van der Waals surface area contributed by atoms with Gasteiger partial charge >= 0.3 is 0 Å². The highest BCUT2D eigenvalue weighted by atomic mass is 79.9. The Morgan fingerprint density at radius 1 is 1.50 bits per heavy atom. The van der Waals surface area contributed by atoms with Crippen molar-refractivity contribution in [3.8, 4) is 0 Å². The number of nitrogens with two attached hydrogens (primary N) is 1. The molecule has 0 fully saturated rings. The maximum atomic E-state index is 10.8. The van der Waals surface area contributed by atoms with Crippen molar-refractivity contribution in [2.75, 3.05) is 5.32 Å². The average molecular weight is 499 g/mol. The van der Waals surface area contributed by atoms with Gasteiger partial charge in [-0.15, -0.1) is 22.7 Å². The Hall–Kier alpha value is -1.45. The number of anilines is 1. The third-order valence-corrected chi connectivity index (χ3v) is 8.20. The van der Waals surface area contributed by atoms with Crippen molar-refractivity contribution >= 4 is 72.6 Å². The molecule has 1 aliphatic rings. The zero-order valence-electron chi connectivity index (χ0n) is 14.6. The molecular formula is C19H17BrClN3O2S2. The monoisotopic (exact) mass is 497 g/mol. The van der Waals surface area contributed by atoms with Gasteiger partial charge in [-0.3, -0.25) is 4.79 Å². The number of hydrogen-bond acceptors (Lipinski definition) is 7. The molecule has 0 aromatic carbocycles. The standard InChI is InChI=1S/C19H17BrClN3O2S2/c20-15-17-19(12(7-14(21)24-17)23-8-10-3-2-6-27-10)28-18(15)11-4-1-5-13(16(11)22)26-9-25/h1-3,5-7,9,11,13,16H,4,8,22H2,(H,23,24)/t11-,13+,16+/m0/s1. The van der Waals surface area contributed by atoms with Crippen molar-refractivity contribution in [1.29, 1.82) is 0 Å². The van der Waals surface area contributed by atoms with Crippen molar-refractivity contribution in [2.24, 2.45) is 5.73 Å². The predicted molar refractivity (Wildman–Crippen MR) is 119 cm³/mol. The molecule has 0 spiro atoms. The summed E-state index contributed by atoms with van der Waals surface area (Å²) in [4.78, 5) is 17.6. The van der Waals surface area contributed by atoms with Crippen LogP contribution in [0.5, 0.6) is 0 Å². The number of halogens is 2. The highest BCUT2D eigenvalue weighted by Crippen LogP contribution is 2.46. The van der Waals surface area contributed by atoms with Crippen LogP contribution in [0.1, 0.15) is 22.1 Å². The Morgan fingerprint density at radius 2 is 2.36 bits per heavy atom. The van der Waals surface area contributed by atoms with Crippen LogP contribution in [0, 0.1) is 0 Å². The van der Waals surface area contributed by atoms with Gasteiger partial charge < -0.3 is 15.8 Å². The molecule has 0 amide bonds. The fourth-order valence-electron chi connectivity index (χ4n) is 3.35. The number of rotatable bonds is 6. The summed E-state index contributed by atoms with van der Waals surface area (Å²) < 4.78 is 7.06. The lowest BCUT2D eigenvalue weighted by Crippen LogP contribution is -2.42. The smallest absolute Gasteiger partial charge is 0.293 e. The molecule has 0 saturated carbocycles. The van der Waals surface area contributed by atoms with Crippen molar-refractivity contribution < 1.29 is 9.53 Å². The van der Waals surface area contributed by atoms with Gasteiger partial charge in [0.1, 0.15) is 11.3 Å². The number of carbonyl (C=O) groups is 1. The molecule has 0 saturated heterocycles. The molecule has 3 heterocycles. The summed E-state index contributed by atoms with van der Waals surface area (Å²) >= 11 is 13.3. The Labute approximate surface area is 183 Å². The van der Waals surface area contributed by atoms with Crippen molar-refractivity contribution in [3.63, 3.8) is 0 Å². The number of thiophene rings is 2. The number of nitrogens with one attached hydrogen (secondary N) is 1. The Balaban J connectivity index is 1.70. The summed E-state index contributed by atoms with van der Waals surface area (Å²) in [6, 6.07) is 5.65. The molecule has 3 atom stereocenters. The second-order valence-corrected chi connectivity index (χ2v) is 9.69. The molecule has 9 heteroatoms. The maximum Gasteiger partial charge on any atom is 0.293 e. The summed E-state index contributed by atoms with van der Waals surface area (Å²) in [6.45, 7) is 1.17. The van der Waals surface area contributed by atoms with E-state index in [2.05, 4.69) is 37.7 Å². The van der Waals surface area contributed by atoms with E-state index >= 15 is 0 Å². The predicted octanol–water partition coefficient (Wildman–Crippen LogP) is 5.30. The molecule has 0 unspecified atom stereocenters. The van der Waals surface area contributed by atoms with Crippen LogP contribution in [0.4, 0.5) is 5.69 Å². The number of aromatic nitrogens is 1. The fourth-order valence-corrected chi connectivity index (χ4v) is 6.44. The third kappa shape index (κ3) is 3.84. The van der Waals surface area contributed by atoms with Crippen LogP contribution >= 0.6 is 50.2 Å². The molecule has 5 nitrogen and oxygen atoms in total. The summed E-state index contributed by atoms with van der Waals surface area (Å²) in [5.74, 6) is 0.0208. The van der Waals surface area contributed by atoms with Gasteiger partial charge in [-0.1, -0.05) is 23.7 Å². The molecule has 28 heavy (non-hydrogen) atoms. The van der Waals surface area contributed by atoms with E-state index < -0.39 is 6.10 Å². The molecule has 0 aliphatic heterocycles. The lowest BCUT2D eigenvalue weighted by molar-refractivity contribution is -0.132. The first-order valence-electron chi connectivity index (χ1n) is 8.64. The lowest BCUT2D eigenvalue weighted by atomic mass is 9.86. The first-order chi connectivity index (χ1) is 13.6. The van der Waals surface area contributed by atoms with Gasteiger partial charge in [-0.05, 0) is 39.9 Å². The minimum atomic E-state index is -0.429. The fraction of sp³-hybridized carbons (Fsp3) is 0.263. The number of ether oxygens (including phenoxy) is 1. The van der Waals surface area contributed by atoms with E-state index in [0.717, 1.165) is 38.2 Å². The van der Waals surface area contributed by atoms with E-state index in [9.17, 15) is 4.79 Å². The highest BCUT2D eigenvalue weighted by molar-refractivity contribution is 9.10. The lowest BCUT2D eigenvalue weighted by Gasteiger charge is -2.30. The van der Waals surface area contributed by atoms with Crippen molar-refractivity contribution in [3.05, 3.63) is 55.1 Å². The summed E-state index contributed by atoms with van der Waals surface area (Å²) in [5.41, 5.74) is 8.17. The van der Waals surface area contributed by atoms with Gasteiger partial charge in [-0.2, -0.15) is 0 Å². The molecule has 3 aromatic heterocycles. The number of nitrogens with zero attached hydrogens (tertiary/aromatic N) is 1. The first kappa shape index (κ1) is 19.8.